The first kappa shape index (κ1) is 31.2. The van der Waals surface area contributed by atoms with E-state index in [2.05, 4.69) is 87.5 Å². The molecule has 0 bridgehead atoms. The standard InChI is InChI=1S/C33H36N6.3B/c1-2-17-37(16-1)28-13-7-10-25(22-28)31-34-32(26-11-8-14-29(23-26)38-18-3-4-19-38)36-33(35-31)27-12-9-15-30(24-27)39-20-5-6-21-39;;;/h7-15,22-24H,1-6,16-21H2;;;. The van der Waals surface area contributed by atoms with Crippen molar-refractivity contribution in [2.24, 2.45) is 0 Å². The third-order valence-electron chi connectivity index (χ3n) is 8.36. The lowest BCUT2D eigenvalue weighted by atomic mass is 10.1. The van der Waals surface area contributed by atoms with Crippen molar-refractivity contribution in [2.75, 3.05) is 54.0 Å². The molecule has 3 saturated heterocycles. The van der Waals surface area contributed by atoms with Crippen molar-refractivity contribution in [3.8, 4) is 34.2 Å². The Morgan fingerprint density at radius 2 is 0.643 bits per heavy atom. The third-order valence-corrected chi connectivity index (χ3v) is 8.36. The van der Waals surface area contributed by atoms with Gasteiger partial charge in [0.15, 0.2) is 17.5 Å². The van der Waals surface area contributed by atoms with Gasteiger partial charge in [-0.15, -0.1) is 0 Å². The Morgan fingerprint density at radius 3 is 0.905 bits per heavy atom. The Balaban J connectivity index is 0.00000135. The second kappa shape index (κ2) is 14.0. The van der Waals surface area contributed by atoms with Crippen LogP contribution >= 0.6 is 0 Å². The first-order valence-electron chi connectivity index (χ1n) is 14.6. The summed E-state index contributed by atoms with van der Waals surface area (Å²) >= 11 is 0. The van der Waals surface area contributed by atoms with E-state index in [1.807, 2.05) is 0 Å². The van der Waals surface area contributed by atoms with Crippen LogP contribution < -0.4 is 14.7 Å². The van der Waals surface area contributed by atoms with Crippen LogP contribution in [0.5, 0.6) is 0 Å². The number of benzene rings is 3. The van der Waals surface area contributed by atoms with Gasteiger partial charge in [-0.05, 0) is 74.9 Å². The molecule has 6 nitrogen and oxygen atoms in total. The van der Waals surface area contributed by atoms with Crippen LogP contribution in [0.15, 0.2) is 72.8 Å². The van der Waals surface area contributed by atoms with Gasteiger partial charge in [-0.1, -0.05) is 36.4 Å². The fourth-order valence-corrected chi connectivity index (χ4v) is 6.21. The largest absolute Gasteiger partial charge is 0.372 e. The molecule has 3 aliphatic rings. The summed E-state index contributed by atoms with van der Waals surface area (Å²) in [4.78, 5) is 22.6. The number of nitrogens with zero attached hydrogens (tertiary/aromatic N) is 6. The van der Waals surface area contributed by atoms with Crippen molar-refractivity contribution in [1.29, 1.82) is 0 Å². The second-order valence-corrected chi connectivity index (χ2v) is 11.0. The highest BCUT2D eigenvalue weighted by atomic mass is 15.2. The van der Waals surface area contributed by atoms with Crippen LogP contribution in [0.1, 0.15) is 38.5 Å². The fourth-order valence-electron chi connectivity index (χ4n) is 6.21. The van der Waals surface area contributed by atoms with Crippen LogP contribution in [0.4, 0.5) is 17.1 Å². The molecule has 0 aliphatic carbocycles. The van der Waals surface area contributed by atoms with Crippen LogP contribution in [0.2, 0.25) is 0 Å². The van der Waals surface area contributed by atoms with Gasteiger partial charge in [0.25, 0.3) is 0 Å². The molecule has 4 heterocycles. The Bertz CT molecular complexity index is 1280. The number of rotatable bonds is 6. The normalized spacial score (nSPS) is 16.1. The van der Waals surface area contributed by atoms with Gasteiger partial charge >= 0.3 is 0 Å². The Kier molecular flexibility index (Phi) is 10.4. The predicted molar refractivity (Wildman–Crippen MR) is 178 cm³/mol. The molecule has 3 aromatic carbocycles. The van der Waals surface area contributed by atoms with E-state index in [-0.39, 0.29) is 25.2 Å². The van der Waals surface area contributed by atoms with E-state index in [0.717, 1.165) is 73.4 Å². The minimum atomic E-state index is 0. The lowest BCUT2D eigenvalue weighted by molar-refractivity contribution is 0.949. The molecule has 4 aromatic rings. The summed E-state index contributed by atoms with van der Waals surface area (Å²) in [6.07, 6.45) is 7.53. The van der Waals surface area contributed by atoms with Gasteiger partial charge in [0.2, 0.25) is 0 Å². The SMILES string of the molecule is [B].[B].[B].c1cc(-c2nc(-c3cccc(N4CCCC4)c3)nc(-c3cccc(N4CCCC4)c3)n2)cc(N2CCCC2)c1. The van der Waals surface area contributed by atoms with Crippen LogP contribution in [-0.2, 0) is 0 Å². The highest BCUT2D eigenvalue weighted by Crippen LogP contribution is 2.32. The third kappa shape index (κ3) is 6.50. The highest BCUT2D eigenvalue weighted by molar-refractivity contribution is 5.76. The lowest BCUT2D eigenvalue weighted by Gasteiger charge is -2.19. The molecule has 0 amide bonds. The average molecular weight is 549 g/mol. The summed E-state index contributed by atoms with van der Waals surface area (Å²) in [6, 6.07) is 26.1. The van der Waals surface area contributed by atoms with Crippen LogP contribution in [0.25, 0.3) is 34.2 Å². The van der Waals surface area contributed by atoms with Gasteiger partial charge in [0.05, 0.1) is 0 Å². The molecule has 42 heavy (non-hydrogen) atoms. The van der Waals surface area contributed by atoms with E-state index < -0.39 is 0 Å². The Morgan fingerprint density at radius 1 is 0.381 bits per heavy atom. The molecule has 0 unspecified atom stereocenters. The molecule has 0 N–H and O–H groups in total. The van der Waals surface area contributed by atoms with Gasteiger partial charge < -0.3 is 14.7 Å². The number of hydrogen-bond donors (Lipinski definition) is 0. The maximum atomic E-state index is 5.07. The van der Waals surface area contributed by atoms with E-state index in [9.17, 15) is 0 Å². The molecule has 9 radical (unpaired) electrons. The van der Waals surface area contributed by atoms with Gasteiger partial charge in [0, 0.05) is 98.3 Å². The quantitative estimate of drug-likeness (QED) is 0.295. The molecule has 0 spiro atoms. The molecule has 0 saturated carbocycles. The van der Waals surface area contributed by atoms with Crippen molar-refractivity contribution >= 4 is 42.3 Å². The van der Waals surface area contributed by atoms with E-state index in [4.69, 9.17) is 15.0 Å². The van der Waals surface area contributed by atoms with Gasteiger partial charge in [-0.3, -0.25) is 0 Å². The predicted octanol–water partition coefficient (Wildman–Crippen LogP) is 5.53. The highest BCUT2D eigenvalue weighted by Gasteiger charge is 2.19. The molecular weight excluding hydrogens is 513 g/mol. The molecule has 9 heteroatoms. The van der Waals surface area contributed by atoms with Crippen LogP contribution in [-0.4, -0.2) is 79.5 Å². The van der Waals surface area contributed by atoms with Gasteiger partial charge in [-0.2, -0.15) is 0 Å². The zero-order valence-corrected chi connectivity index (χ0v) is 24.3. The smallest absolute Gasteiger partial charge is 0.164 e. The van der Waals surface area contributed by atoms with Crippen molar-refractivity contribution in [3.05, 3.63) is 72.8 Å². The van der Waals surface area contributed by atoms with Crippen molar-refractivity contribution in [1.82, 2.24) is 15.0 Å². The van der Waals surface area contributed by atoms with E-state index >= 15 is 0 Å². The monoisotopic (exact) mass is 549 g/mol. The molecule has 207 valence electrons. The minimum absolute atomic E-state index is 0. The zero-order chi connectivity index (χ0) is 26.0. The summed E-state index contributed by atoms with van der Waals surface area (Å²) in [5, 5.41) is 0. The average Bonchev–Trinajstić information content (AvgIpc) is 3.81. The molecule has 3 aliphatic heterocycles. The van der Waals surface area contributed by atoms with Crippen LogP contribution in [0, 0.1) is 0 Å². The molecular formula is C33H36B3N6. The summed E-state index contributed by atoms with van der Waals surface area (Å²) in [5.74, 6) is 2.19. The van der Waals surface area contributed by atoms with Crippen LogP contribution in [0.3, 0.4) is 0 Å². The summed E-state index contributed by atoms with van der Waals surface area (Å²) in [5.41, 5.74) is 6.86. The van der Waals surface area contributed by atoms with Gasteiger partial charge in [0.1, 0.15) is 0 Å². The molecule has 7 rings (SSSR count). The zero-order valence-electron chi connectivity index (χ0n) is 24.3. The van der Waals surface area contributed by atoms with E-state index in [0.29, 0.717) is 0 Å². The summed E-state index contributed by atoms with van der Waals surface area (Å²) in [6.45, 7) is 6.69. The first-order chi connectivity index (χ1) is 19.3. The molecule has 1 aromatic heterocycles. The summed E-state index contributed by atoms with van der Waals surface area (Å²) < 4.78 is 0. The van der Waals surface area contributed by atoms with Gasteiger partial charge in [-0.25, -0.2) is 15.0 Å². The second-order valence-electron chi connectivity index (χ2n) is 11.0. The Labute approximate surface area is 256 Å². The van der Waals surface area contributed by atoms with Crippen molar-refractivity contribution in [3.63, 3.8) is 0 Å². The minimum Gasteiger partial charge on any atom is -0.372 e. The number of anilines is 3. The maximum absolute atomic E-state index is 5.07. The van der Waals surface area contributed by atoms with E-state index in [1.165, 1.54) is 55.6 Å². The van der Waals surface area contributed by atoms with Crippen molar-refractivity contribution < 1.29 is 0 Å². The first-order valence-corrected chi connectivity index (χ1v) is 14.6. The van der Waals surface area contributed by atoms with E-state index in [1.54, 1.807) is 0 Å². The van der Waals surface area contributed by atoms with Crippen molar-refractivity contribution in [2.45, 2.75) is 38.5 Å². The number of aromatic nitrogens is 3. The topological polar surface area (TPSA) is 48.4 Å². The maximum Gasteiger partial charge on any atom is 0.164 e. The number of hydrogen-bond acceptors (Lipinski definition) is 6. The lowest BCUT2D eigenvalue weighted by Crippen LogP contribution is -2.17. The molecule has 3 fully saturated rings. The molecule has 0 atom stereocenters. The Hall–Kier alpha value is -3.74. The fraction of sp³-hybridized carbons (Fsp3) is 0.364. The summed E-state index contributed by atoms with van der Waals surface area (Å²) in [7, 11) is 0.